The van der Waals surface area contributed by atoms with Gasteiger partial charge in [0.1, 0.15) is 0 Å². The number of aryl methyl sites for hydroxylation is 2. The summed E-state index contributed by atoms with van der Waals surface area (Å²) in [5.74, 6) is 0.859. The Morgan fingerprint density at radius 1 is 0.472 bits per heavy atom. The van der Waals surface area contributed by atoms with Crippen molar-refractivity contribution >= 4 is 22.7 Å². The summed E-state index contributed by atoms with van der Waals surface area (Å²) in [5.41, 5.74) is 10.3. The van der Waals surface area contributed by atoms with Crippen LogP contribution in [0.15, 0.2) is 97.1 Å². The lowest BCUT2D eigenvalue weighted by Gasteiger charge is -2.27. The van der Waals surface area contributed by atoms with Crippen LogP contribution >= 0.6 is 0 Å². The molecule has 4 rings (SSSR count). The molecule has 2 nitrogen and oxygen atoms in total. The summed E-state index contributed by atoms with van der Waals surface area (Å²) in [6, 6.07) is 35.9. The molecule has 0 fully saturated rings. The molecule has 0 spiro atoms. The highest BCUT2D eigenvalue weighted by molar-refractivity contribution is 5.65. The van der Waals surface area contributed by atoms with E-state index in [0.717, 1.165) is 13.1 Å². The molecular formula is C34H40N2. The molecule has 0 unspecified atom stereocenters. The minimum Gasteiger partial charge on any atom is -0.342 e. The van der Waals surface area contributed by atoms with E-state index in [9.17, 15) is 0 Å². The second-order valence-corrected chi connectivity index (χ2v) is 10.1. The number of nitrogens with zero attached hydrogens (tertiary/aromatic N) is 2. The zero-order chi connectivity index (χ0) is 25.7. The Hall–Kier alpha value is -3.52. The van der Waals surface area contributed by atoms with Gasteiger partial charge < -0.3 is 9.80 Å². The maximum Gasteiger partial charge on any atom is 0.0410 e. The first-order valence-electron chi connectivity index (χ1n) is 13.3. The van der Waals surface area contributed by atoms with Gasteiger partial charge in [0.2, 0.25) is 0 Å². The first kappa shape index (κ1) is 25.6. The fourth-order valence-electron chi connectivity index (χ4n) is 5.16. The molecule has 0 saturated heterocycles. The molecule has 0 N–H and O–H groups in total. The molecule has 2 heteroatoms. The van der Waals surface area contributed by atoms with Crippen molar-refractivity contribution in [2.45, 2.75) is 47.5 Å². The molecule has 0 aliphatic heterocycles. The molecule has 0 radical (unpaired) electrons. The number of hydrogen-bond donors (Lipinski definition) is 0. The third-order valence-electron chi connectivity index (χ3n) is 7.12. The Labute approximate surface area is 218 Å². The largest absolute Gasteiger partial charge is 0.342 e. The van der Waals surface area contributed by atoms with Crippen molar-refractivity contribution in [2.75, 3.05) is 22.9 Å². The van der Waals surface area contributed by atoms with E-state index in [1.54, 1.807) is 0 Å². The minimum absolute atomic E-state index is 0.358. The van der Waals surface area contributed by atoms with Gasteiger partial charge in [0.05, 0.1) is 0 Å². The third-order valence-corrected chi connectivity index (χ3v) is 7.12. The van der Waals surface area contributed by atoms with Gasteiger partial charge in [0.25, 0.3) is 0 Å². The van der Waals surface area contributed by atoms with E-state index in [1.807, 2.05) is 0 Å². The summed E-state index contributed by atoms with van der Waals surface area (Å²) in [6.07, 6.45) is 0. The Balaban J connectivity index is 1.58. The fraction of sp³-hybridized carbons (Fsp3) is 0.294. The zero-order valence-corrected chi connectivity index (χ0v) is 22.7. The number of rotatable bonds is 9. The van der Waals surface area contributed by atoms with Crippen molar-refractivity contribution in [1.82, 2.24) is 0 Å². The van der Waals surface area contributed by atoms with Crippen LogP contribution < -0.4 is 9.80 Å². The monoisotopic (exact) mass is 476 g/mol. The van der Waals surface area contributed by atoms with Crippen LogP contribution in [0.1, 0.15) is 55.9 Å². The lowest BCUT2D eigenvalue weighted by Crippen LogP contribution is -2.17. The molecule has 0 bridgehead atoms. The van der Waals surface area contributed by atoms with E-state index >= 15 is 0 Å². The maximum absolute atomic E-state index is 2.37. The molecule has 186 valence electrons. The lowest BCUT2D eigenvalue weighted by atomic mass is 9.82. The van der Waals surface area contributed by atoms with Crippen molar-refractivity contribution < 1.29 is 0 Å². The molecule has 0 saturated carbocycles. The Bertz CT molecular complexity index is 1120. The van der Waals surface area contributed by atoms with E-state index < -0.39 is 0 Å². The molecule has 4 aromatic carbocycles. The second-order valence-electron chi connectivity index (χ2n) is 10.1. The van der Waals surface area contributed by atoms with Crippen LogP contribution in [0.3, 0.4) is 0 Å². The van der Waals surface area contributed by atoms with Gasteiger partial charge in [0, 0.05) is 41.8 Å². The van der Waals surface area contributed by atoms with Crippen LogP contribution in [-0.4, -0.2) is 13.1 Å². The van der Waals surface area contributed by atoms with Gasteiger partial charge >= 0.3 is 0 Å². The topological polar surface area (TPSA) is 6.48 Å². The second kappa shape index (κ2) is 11.5. The summed E-state index contributed by atoms with van der Waals surface area (Å²) in [4.78, 5) is 4.74. The van der Waals surface area contributed by atoms with Gasteiger partial charge in [-0.05, 0) is 93.3 Å². The van der Waals surface area contributed by atoms with Gasteiger partial charge in [-0.25, -0.2) is 0 Å². The van der Waals surface area contributed by atoms with E-state index in [0.29, 0.717) is 11.8 Å². The zero-order valence-electron chi connectivity index (χ0n) is 22.7. The van der Waals surface area contributed by atoms with E-state index in [1.165, 1.54) is 45.0 Å². The van der Waals surface area contributed by atoms with E-state index in [-0.39, 0.29) is 0 Å². The minimum atomic E-state index is 0.358. The van der Waals surface area contributed by atoms with Gasteiger partial charge in [-0.3, -0.25) is 0 Å². The lowest BCUT2D eigenvalue weighted by molar-refractivity contribution is 0.564. The average Bonchev–Trinajstić information content (AvgIpc) is 2.89. The number of benzene rings is 4. The Kier molecular flexibility index (Phi) is 8.15. The highest BCUT2D eigenvalue weighted by atomic mass is 15.1. The molecule has 0 heterocycles. The van der Waals surface area contributed by atoms with Gasteiger partial charge in [0.15, 0.2) is 0 Å². The van der Waals surface area contributed by atoms with Crippen LogP contribution in [-0.2, 0) is 0 Å². The number of anilines is 4. The third kappa shape index (κ3) is 5.65. The molecule has 0 aliphatic rings. The van der Waals surface area contributed by atoms with Gasteiger partial charge in [-0.2, -0.15) is 0 Å². The van der Waals surface area contributed by atoms with Crippen molar-refractivity contribution in [3.05, 3.63) is 119 Å². The van der Waals surface area contributed by atoms with Gasteiger partial charge in [-0.15, -0.1) is 0 Å². The standard InChI is InChI=1S/C34H40N2/c1-7-35(30-17-9-26(5)10-18-30)32-21-13-28(14-22-32)34(25(3)4)29-15-23-33(24-16-29)36(8-2)31-19-11-27(6)12-20-31/h9-25,34H,7-8H2,1-6H3. The summed E-state index contributed by atoms with van der Waals surface area (Å²) in [6.45, 7) is 15.2. The molecule has 36 heavy (non-hydrogen) atoms. The quantitative estimate of drug-likeness (QED) is 0.237. The predicted octanol–water partition coefficient (Wildman–Crippen LogP) is 9.41. The maximum atomic E-state index is 2.37. The van der Waals surface area contributed by atoms with Crippen molar-refractivity contribution in [1.29, 1.82) is 0 Å². The first-order valence-corrected chi connectivity index (χ1v) is 13.3. The highest BCUT2D eigenvalue weighted by Crippen LogP contribution is 2.36. The predicted molar refractivity (Wildman–Crippen MR) is 157 cm³/mol. The van der Waals surface area contributed by atoms with E-state index in [4.69, 9.17) is 0 Å². The highest BCUT2D eigenvalue weighted by Gasteiger charge is 2.19. The van der Waals surface area contributed by atoms with Crippen molar-refractivity contribution in [3.8, 4) is 0 Å². The first-order chi connectivity index (χ1) is 17.4. The molecule has 0 atom stereocenters. The smallest absolute Gasteiger partial charge is 0.0410 e. The SMILES string of the molecule is CCN(c1ccc(C)cc1)c1ccc(C(c2ccc(N(CC)c3ccc(C)cc3)cc2)C(C)C)cc1. The van der Waals surface area contributed by atoms with Crippen LogP contribution in [0, 0.1) is 19.8 Å². The fourth-order valence-corrected chi connectivity index (χ4v) is 5.16. The molecule has 0 amide bonds. The number of hydrogen-bond acceptors (Lipinski definition) is 2. The normalized spacial score (nSPS) is 11.2. The summed E-state index contributed by atoms with van der Waals surface area (Å²) < 4.78 is 0. The Morgan fingerprint density at radius 2 is 0.750 bits per heavy atom. The van der Waals surface area contributed by atoms with Gasteiger partial charge in [-0.1, -0.05) is 73.5 Å². The molecule has 4 aromatic rings. The average molecular weight is 477 g/mol. The Morgan fingerprint density at radius 3 is 1.00 bits per heavy atom. The van der Waals surface area contributed by atoms with Crippen molar-refractivity contribution in [2.24, 2.45) is 5.92 Å². The van der Waals surface area contributed by atoms with Crippen LogP contribution in [0.25, 0.3) is 0 Å². The van der Waals surface area contributed by atoms with Crippen LogP contribution in [0.2, 0.25) is 0 Å². The van der Waals surface area contributed by atoms with Crippen LogP contribution in [0.4, 0.5) is 22.7 Å². The molecular weight excluding hydrogens is 436 g/mol. The van der Waals surface area contributed by atoms with E-state index in [2.05, 4.69) is 148 Å². The molecule has 0 aliphatic carbocycles. The van der Waals surface area contributed by atoms with Crippen LogP contribution in [0.5, 0.6) is 0 Å². The van der Waals surface area contributed by atoms with Crippen molar-refractivity contribution in [3.63, 3.8) is 0 Å². The molecule has 0 aromatic heterocycles. The summed E-state index contributed by atoms with van der Waals surface area (Å²) in [7, 11) is 0. The summed E-state index contributed by atoms with van der Waals surface area (Å²) in [5, 5.41) is 0. The summed E-state index contributed by atoms with van der Waals surface area (Å²) >= 11 is 0.